The van der Waals surface area contributed by atoms with Crippen molar-refractivity contribution in [3.05, 3.63) is 77.0 Å². The average Bonchev–Trinajstić information content (AvgIpc) is 2.60. The Kier molecular flexibility index (Phi) is 4.88. The molecular formula is C19H16F2N4O. The fraction of sp³-hybridized carbons (Fsp3) is 0.105. The van der Waals surface area contributed by atoms with E-state index >= 15 is 0 Å². The van der Waals surface area contributed by atoms with Crippen molar-refractivity contribution >= 4 is 23.1 Å². The third-order valence-corrected chi connectivity index (χ3v) is 3.72. The van der Waals surface area contributed by atoms with Crippen LogP contribution >= 0.6 is 0 Å². The SMILES string of the molecule is Cc1ccc(Nc2ccc(C(=O)Nc3ccc(F)cc3F)nn2)c(C)c1. The summed E-state index contributed by atoms with van der Waals surface area (Å²) in [5.41, 5.74) is 2.98. The molecule has 2 N–H and O–H groups in total. The van der Waals surface area contributed by atoms with Crippen LogP contribution in [0.3, 0.4) is 0 Å². The minimum absolute atomic E-state index is 0.0138. The van der Waals surface area contributed by atoms with E-state index in [-0.39, 0.29) is 11.4 Å². The number of carbonyl (C=O) groups is 1. The topological polar surface area (TPSA) is 66.9 Å². The molecule has 3 aromatic rings. The Balaban J connectivity index is 1.71. The average molecular weight is 354 g/mol. The normalized spacial score (nSPS) is 10.5. The van der Waals surface area contributed by atoms with E-state index in [9.17, 15) is 13.6 Å². The first kappa shape index (κ1) is 17.5. The summed E-state index contributed by atoms with van der Waals surface area (Å²) >= 11 is 0. The number of nitrogens with one attached hydrogen (secondary N) is 2. The van der Waals surface area contributed by atoms with E-state index in [0.29, 0.717) is 11.9 Å². The number of hydrogen-bond donors (Lipinski definition) is 2. The highest BCUT2D eigenvalue weighted by Gasteiger charge is 2.12. The molecule has 0 atom stereocenters. The van der Waals surface area contributed by atoms with Crippen LogP contribution in [-0.2, 0) is 0 Å². The number of aromatic nitrogens is 2. The van der Waals surface area contributed by atoms with Gasteiger partial charge in [-0.1, -0.05) is 17.7 Å². The number of rotatable bonds is 4. The highest BCUT2D eigenvalue weighted by Crippen LogP contribution is 2.20. The largest absolute Gasteiger partial charge is 0.339 e. The lowest BCUT2D eigenvalue weighted by Gasteiger charge is -2.09. The number of halogens is 2. The van der Waals surface area contributed by atoms with Gasteiger partial charge >= 0.3 is 0 Å². The second-order valence-electron chi connectivity index (χ2n) is 5.83. The van der Waals surface area contributed by atoms with E-state index < -0.39 is 17.5 Å². The zero-order valence-corrected chi connectivity index (χ0v) is 14.2. The van der Waals surface area contributed by atoms with Gasteiger partial charge in [-0.3, -0.25) is 4.79 Å². The van der Waals surface area contributed by atoms with E-state index in [2.05, 4.69) is 20.8 Å². The predicted octanol–water partition coefficient (Wildman–Crippen LogP) is 4.37. The third kappa shape index (κ3) is 4.00. The monoisotopic (exact) mass is 354 g/mol. The molecule has 26 heavy (non-hydrogen) atoms. The summed E-state index contributed by atoms with van der Waals surface area (Å²) in [7, 11) is 0. The van der Waals surface area contributed by atoms with Crippen molar-refractivity contribution in [1.82, 2.24) is 10.2 Å². The van der Waals surface area contributed by atoms with Gasteiger partial charge in [-0.25, -0.2) is 8.78 Å². The fourth-order valence-corrected chi connectivity index (χ4v) is 2.39. The van der Waals surface area contributed by atoms with Gasteiger partial charge in [-0.05, 0) is 49.7 Å². The summed E-state index contributed by atoms with van der Waals surface area (Å²) in [5, 5.41) is 13.3. The van der Waals surface area contributed by atoms with E-state index in [0.717, 1.165) is 28.9 Å². The Labute approximate surface area is 149 Å². The molecule has 0 radical (unpaired) electrons. The number of amides is 1. The van der Waals surface area contributed by atoms with Crippen LogP contribution < -0.4 is 10.6 Å². The first-order chi connectivity index (χ1) is 12.4. The predicted molar refractivity (Wildman–Crippen MR) is 95.5 cm³/mol. The molecule has 0 aliphatic rings. The van der Waals surface area contributed by atoms with Crippen molar-refractivity contribution in [2.24, 2.45) is 0 Å². The molecule has 132 valence electrons. The molecule has 0 aliphatic carbocycles. The van der Waals surface area contributed by atoms with Crippen LogP contribution in [0.2, 0.25) is 0 Å². The molecule has 2 aromatic carbocycles. The zero-order chi connectivity index (χ0) is 18.7. The van der Waals surface area contributed by atoms with E-state index in [1.165, 1.54) is 6.07 Å². The Morgan fingerprint density at radius 3 is 2.35 bits per heavy atom. The van der Waals surface area contributed by atoms with Gasteiger partial charge in [0.05, 0.1) is 5.69 Å². The van der Waals surface area contributed by atoms with Crippen molar-refractivity contribution in [2.75, 3.05) is 10.6 Å². The van der Waals surface area contributed by atoms with Gasteiger partial charge in [0.2, 0.25) is 0 Å². The van der Waals surface area contributed by atoms with E-state index in [1.807, 2.05) is 32.0 Å². The first-order valence-electron chi connectivity index (χ1n) is 7.87. The lowest BCUT2D eigenvalue weighted by molar-refractivity contribution is 0.102. The summed E-state index contributed by atoms with van der Waals surface area (Å²) in [6.07, 6.45) is 0. The first-order valence-corrected chi connectivity index (χ1v) is 7.87. The van der Waals surface area contributed by atoms with Crippen LogP contribution in [0.5, 0.6) is 0 Å². The Morgan fingerprint density at radius 1 is 0.923 bits per heavy atom. The summed E-state index contributed by atoms with van der Waals surface area (Å²) in [5.74, 6) is -1.75. The van der Waals surface area contributed by atoms with Crippen molar-refractivity contribution in [2.45, 2.75) is 13.8 Å². The smallest absolute Gasteiger partial charge is 0.276 e. The summed E-state index contributed by atoms with van der Waals surface area (Å²) in [6.45, 7) is 3.98. The van der Waals surface area contributed by atoms with Crippen molar-refractivity contribution in [1.29, 1.82) is 0 Å². The second kappa shape index (κ2) is 7.26. The molecule has 0 bridgehead atoms. The van der Waals surface area contributed by atoms with Gasteiger partial charge in [0.1, 0.15) is 11.6 Å². The second-order valence-corrected chi connectivity index (χ2v) is 5.83. The van der Waals surface area contributed by atoms with Gasteiger partial charge in [0.25, 0.3) is 5.91 Å². The molecule has 7 heteroatoms. The summed E-state index contributed by atoms with van der Waals surface area (Å²) < 4.78 is 26.5. The van der Waals surface area contributed by atoms with Gasteiger partial charge in [0, 0.05) is 11.8 Å². The Hall–Kier alpha value is -3.35. The number of anilines is 3. The molecule has 0 saturated heterocycles. The lowest BCUT2D eigenvalue weighted by atomic mass is 10.1. The Morgan fingerprint density at radius 2 is 1.69 bits per heavy atom. The maximum Gasteiger partial charge on any atom is 0.276 e. The van der Waals surface area contributed by atoms with Crippen molar-refractivity contribution in [3.8, 4) is 0 Å². The molecular weight excluding hydrogens is 338 g/mol. The highest BCUT2D eigenvalue weighted by molar-refractivity contribution is 6.02. The molecule has 1 aromatic heterocycles. The molecule has 0 spiro atoms. The molecule has 3 rings (SSSR count). The summed E-state index contributed by atoms with van der Waals surface area (Å²) in [4.78, 5) is 12.1. The number of benzene rings is 2. The van der Waals surface area contributed by atoms with Crippen LogP contribution in [-0.4, -0.2) is 16.1 Å². The fourth-order valence-electron chi connectivity index (χ4n) is 2.39. The van der Waals surface area contributed by atoms with Gasteiger partial charge in [-0.15, -0.1) is 10.2 Å². The lowest BCUT2D eigenvalue weighted by Crippen LogP contribution is -2.15. The minimum atomic E-state index is -0.862. The number of aryl methyl sites for hydroxylation is 2. The molecule has 0 saturated carbocycles. The van der Waals surface area contributed by atoms with Crippen LogP contribution in [0, 0.1) is 25.5 Å². The third-order valence-electron chi connectivity index (χ3n) is 3.72. The van der Waals surface area contributed by atoms with Gasteiger partial charge in [0.15, 0.2) is 11.5 Å². The van der Waals surface area contributed by atoms with Crippen LogP contribution in [0.15, 0.2) is 48.5 Å². The van der Waals surface area contributed by atoms with Crippen molar-refractivity contribution < 1.29 is 13.6 Å². The van der Waals surface area contributed by atoms with Gasteiger partial charge < -0.3 is 10.6 Å². The Bertz CT molecular complexity index is 958. The molecule has 1 amide bonds. The molecule has 5 nitrogen and oxygen atoms in total. The molecule has 0 fully saturated rings. The maximum atomic E-state index is 13.6. The highest BCUT2D eigenvalue weighted by atomic mass is 19.1. The van der Waals surface area contributed by atoms with E-state index in [1.54, 1.807) is 6.07 Å². The zero-order valence-electron chi connectivity index (χ0n) is 14.2. The molecule has 0 unspecified atom stereocenters. The van der Waals surface area contributed by atoms with Crippen LogP contribution in [0.1, 0.15) is 21.6 Å². The summed E-state index contributed by atoms with van der Waals surface area (Å²) in [6, 6.07) is 11.9. The van der Waals surface area contributed by atoms with Crippen LogP contribution in [0.25, 0.3) is 0 Å². The number of nitrogens with zero attached hydrogens (tertiary/aromatic N) is 2. The van der Waals surface area contributed by atoms with E-state index in [4.69, 9.17) is 0 Å². The maximum absolute atomic E-state index is 13.6. The standard InChI is InChI=1S/C19H16F2N4O/c1-11-3-5-15(12(2)9-11)22-18-8-7-17(24-25-18)19(26)23-16-6-4-13(20)10-14(16)21/h3-10H,1-2H3,(H,22,25)(H,23,26). The van der Waals surface area contributed by atoms with Crippen molar-refractivity contribution in [3.63, 3.8) is 0 Å². The minimum Gasteiger partial charge on any atom is -0.339 e. The quantitative estimate of drug-likeness (QED) is 0.730. The number of hydrogen-bond acceptors (Lipinski definition) is 4. The molecule has 1 heterocycles. The number of carbonyl (C=O) groups excluding carboxylic acids is 1. The van der Waals surface area contributed by atoms with Crippen LogP contribution in [0.4, 0.5) is 26.0 Å². The van der Waals surface area contributed by atoms with Gasteiger partial charge in [-0.2, -0.15) is 0 Å². The molecule has 0 aliphatic heterocycles.